The zero-order valence-electron chi connectivity index (χ0n) is 25.6. The molecule has 238 valence electrons. The topological polar surface area (TPSA) is 130 Å². The summed E-state index contributed by atoms with van der Waals surface area (Å²) in [7, 11) is 2.65. The number of hydrogen-bond donors (Lipinski definition) is 2. The van der Waals surface area contributed by atoms with Crippen molar-refractivity contribution in [2.75, 3.05) is 14.2 Å². The highest BCUT2D eigenvalue weighted by molar-refractivity contribution is 6.11. The molecule has 2 heterocycles. The van der Waals surface area contributed by atoms with Gasteiger partial charge in [-0.25, -0.2) is 14.4 Å². The summed E-state index contributed by atoms with van der Waals surface area (Å²) in [5.74, 6) is -2.29. The van der Waals surface area contributed by atoms with Crippen LogP contribution < -0.4 is 10.6 Å². The average Bonchev–Trinajstić information content (AvgIpc) is 3.37. The van der Waals surface area contributed by atoms with E-state index in [9.17, 15) is 32.4 Å². The molecule has 0 bridgehead atoms. The molecule has 2 amide bonds. The van der Waals surface area contributed by atoms with Crippen molar-refractivity contribution in [1.82, 2.24) is 15.6 Å². The molecular weight excluding hydrogens is 594 g/mol. The summed E-state index contributed by atoms with van der Waals surface area (Å²) in [5, 5.41) is 15.1. The van der Waals surface area contributed by atoms with Gasteiger partial charge in [0.05, 0.1) is 29.8 Å². The first-order valence-electron chi connectivity index (χ1n) is 13.8. The van der Waals surface area contributed by atoms with Gasteiger partial charge in [0.1, 0.15) is 22.7 Å². The van der Waals surface area contributed by atoms with E-state index in [0.29, 0.717) is 5.56 Å². The number of halogens is 4. The number of benzene rings is 1. The number of nitrogens with zero attached hydrogens (tertiary/aromatic N) is 3. The predicted octanol–water partition coefficient (Wildman–Crippen LogP) is 6.50. The first-order chi connectivity index (χ1) is 21.1. The van der Waals surface area contributed by atoms with Gasteiger partial charge in [0.25, 0.3) is 11.8 Å². The van der Waals surface area contributed by atoms with Gasteiger partial charge in [-0.2, -0.15) is 18.4 Å². The van der Waals surface area contributed by atoms with Crippen molar-refractivity contribution in [2.24, 2.45) is 10.9 Å². The molecule has 0 spiro atoms. The van der Waals surface area contributed by atoms with Crippen LogP contribution in [0, 0.1) is 23.1 Å². The number of amides is 2. The number of allylic oxidation sites excluding steroid dienone is 1. The van der Waals surface area contributed by atoms with Gasteiger partial charge in [-0.1, -0.05) is 13.8 Å². The Morgan fingerprint density at radius 3 is 2.40 bits per heavy atom. The number of pyridine rings is 1. The molecular formula is C32H33F4N5O4. The highest BCUT2D eigenvalue weighted by Crippen LogP contribution is 2.36. The van der Waals surface area contributed by atoms with E-state index in [1.165, 1.54) is 57.5 Å². The lowest BCUT2D eigenvalue weighted by Crippen LogP contribution is -2.49. The molecule has 1 atom stereocenters. The van der Waals surface area contributed by atoms with Crippen LogP contribution in [0.4, 0.5) is 17.6 Å². The van der Waals surface area contributed by atoms with E-state index >= 15 is 0 Å². The molecule has 3 aromatic rings. The number of carbonyl (C=O) groups is 2. The lowest BCUT2D eigenvalue weighted by Gasteiger charge is -2.27. The minimum Gasteiger partial charge on any atom is -0.480 e. The Kier molecular flexibility index (Phi) is 10.5. The van der Waals surface area contributed by atoms with Gasteiger partial charge in [0, 0.05) is 19.0 Å². The number of hydrogen-bond acceptors (Lipinski definition) is 7. The fourth-order valence-corrected chi connectivity index (χ4v) is 4.39. The van der Waals surface area contributed by atoms with E-state index in [1.807, 2.05) is 0 Å². The standard InChI is InChI=1S/C32H33F4N5O4/c1-17(2)31(4,16-37)41-27(42)23(29(39-6)44-7)14-18(3)21-15-22-25(28(43)38-5)26(19-8-10-20(33)11-9-19)45-30(22)40-24(21)12-13-32(34,35)36/h8-11,14-15,17H,6,12-13H2,1-5,7H3,(H,38,43)(H,41,42). The molecule has 0 saturated carbocycles. The third-order valence-corrected chi connectivity index (χ3v) is 7.33. The van der Waals surface area contributed by atoms with Crippen LogP contribution in [-0.2, 0) is 16.0 Å². The number of nitrogens with one attached hydrogen (secondary N) is 2. The molecule has 9 nitrogen and oxygen atoms in total. The second-order valence-electron chi connectivity index (χ2n) is 10.7. The van der Waals surface area contributed by atoms with Gasteiger partial charge in [-0.3, -0.25) is 9.59 Å². The van der Waals surface area contributed by atoms with Crippen LogP contribution in [-0.4, -0.2) is 49.4 Å². The van der Waals surface area contributed by atoms with Gasteiger partial charge in [0.15, 0.2) is 0 Å². The average molecular weight is 628 g/mol. The van der Waals surface area contributed by atoms with Gasteiger partial charge in [-0.05, 0) is 80.4 Å². The summed E-state index contributed by atoms with van der Waals surface area (Å²) < 4.78 is 64.9. The van der Waals surface area contributed by atoms with Crippen LogP contribution in [0.1, 0.15) is 55.7 Å². The van der Waals surface area contributed by atoms with Crippen LogP contribution in [0.25, 0.3) is 28.0 Å². The van der Waals surface area contributed by atoms with Crippen molar-refractivity contribution >= 4 is 35.2 Å². The second-order valence-corrected chi connectivity index (χ2v) is 10.7. The van der Waals surface area contributed by atoms with E-state index in [2.05, 4.69) is 33.4 Å². The van der Waals surface area contributed by atoms with Crippen molar-refractivity contribution in [3.8, 4) is 17.4 Å². The Bertz CT molecular complexity index is 1720. The number of rotatable bonds is 11. The van der Waals surface area contributed by atoms with Gasteiger partial charge in [0.2, 0.25) is 11.6 Å². The van der Waals surface area contributed by atoms with Crippen molar-refractivity contribution < 1.29 is 36.3 Å². The molecule has 2 aromatic heterocycles. The highest BCUT2D eigenvalue weighted by Gasteiger charge is 2.33. The SMILES string of the molecule is C=NC(OC)=C(C=C(C)c1cc2c(C(=O)NC)c(-c3ccc(F)cc3)oc2nc1CCC(F)(F)F)C(=O)NC(C)(C#N)C(C)C. The van der Waals surface area contributed by atoms with E-state index in [-0.39, 0.29) is 56.6 Å². The second kappa shape index (κ2) is 13.8. The zero-order chi connectivity index (χ0) is 33.7. The summed E-state index contributed by atoms with van der Waals surface area (Å²) in [6.07, 6.45) is -4.94. The minimum absolute atomic E-state index is 0.0224. The van der Waals surface area contributed by atoms with Crippen LogP contribution in [0.15, 0.2) is 57.3 Å². The number of fused-ring (bicyclic) bond motifs is 1. The van der Waals surface area contributed by atoms with Crippen molar-refractivity contribution in [3.63, 3.8) is 0 Å². The maximum atomic E-state index is 13.6. The van der Waals surface area contributed by atoms with E-state index in [4.69, 9.17) is 9.15 Å². The van der Waals surface area contributed by atoms with Crippen molar-refractivity contribution in [1.29, 1.82) is 5.26 Å². The Labute approximate surface area is 257 Å². The molecule has 1 unspecified atom stereocenters. The van der Waals surface area contributed by atoms with Crippen LogP contribution >= 0.6 is 0 Å². The summed E-state index contributed by atoms with van der Waals surface area (Å²) >= 11 is 0. The number of carbonyl (C=O) groups excluding carboxylic acids is 2. The number of methoxy groups -OCH3 is 1. The van der Waals surface area contributed by atoms with E-state index < -0.39 is 42.2 Å². The highest BCUT2D eigenvalue weighted by atomic mass is 19.4. The zero-order valence-corrected chi connectivity index (χ0v) is 25.6. The maximum absolute atomic E-state index is 13.6. The number of furan rings is 1. The van der Waals surface area contributed by atoms with Crippen LogP contribution in [0.5, 0.6) is 0 Å². The molecule has 0 aliphatic rings. The number of nitriles is 1. The number of alkyl halides is 3. The molecule has 0 aliphatic heterocycles. The molecule has 2 N–H and O–H groups in total. The summed E-state index contributed by atoms with van der Waals surface area (Å²) in [4.78, 5) is 34.7. The number of ether oxygens (including phenoxy) is 1. The fourth-order valence-electron chi connectivity index (χ4n) is 4.39. The summed E-state index contributed by atoms with van der Waals surface area (Å²) in [5.41, 5.74) is -0.747. The molecule has 3 rings (SSSR count). The Hall–Kier alpha value is -4.99. The molecule has 0 aliphatic carbocycles. The molecule has 13 heteroatoms. The molecule has 0 radical (unpaired) electrons. The molecule has 1 aromatic carbocycles. The van der Waals surface area contributed by atoms with E-state index in [1.54, 1.807) is 20.8 Å². The third kappa shape index (κ3) is 7.75. The molecule has 45 heavy (non-hydrogen) atoms. The predicted molar refractivity (Wildman–Crippen MR) is 161 cm³/mol. The van der Waals surface area contributed by atoms with Crippen molar-refractivity contribution in [2.45, 2.75) is 52.3 Å². The number of aliphatic imine (C=N–C) groups is 1. The fraction of sp³-hybridized carbons (Fsp3) is 0.344. The normalized spacial score (nSPS) is 14.0. The van der Waals surface area contributed by atoms with Crippen LogP contribution in [0.3, 0.4) is 0 Å². The van der Waals surface area contributed by atoms with Gasteiger partial charge >= 0.3 is 6.18 Å². The van der Waals surface area contributed by atoms with Gasteiger partial charge in [-0.15, -0.1) is 0 Å². The Morgan fingerprint density at radius 2 is 1.89 bits per heavy atom. The molecule has 0 fully saturated rings. The smallest absolute Gasteiger partial charge is 0.389 e. The number of aromatic nitrogens is 1. The first kappa shape index (κ1) is 34.5. The van der Waals surface area contributed by atoms with Gasteiger partial charge < -0.3 is 19.8 Å². The summed E-state index contributed by atoms with van der Waals surface area (Å²) in [6.45, 7) is 10.0. The first-order valence-corrected chi connectivity index (χ1v) is 13.8. The van der Waals surface area contributed by atoms with E-state index in [0.717, 1.165) is 0 Å². The largest absolute Gasteiger partial charge is 0.480 e. The minimum atomic E-state index is -4.51. The lowest BCUT2D eigenvalue weighted by atomic mass is 9.89. The third-order valence-electron chi connectivity index (χ3n) is 7.33. The van der Waals surface area contributed by atoms with Crippen LogP contribution in [0.2, 0.25) is 0 Å². The summed E-state index contributed by atoms with van der Waals surface area (Å²) in [6, 6.07) is 8.67. The monoisotopic (exact) mass is 627 g/mol. The maximum Gasteiger partial charge on any atom is 0.389 e. The van der Waals surface area contributed by atoms with Crippen molar-refractivity contribution in [3.05, 3.63) is 70.5 Å². The number of aryl methyl sites for hydroxylation is 1. The molecule has 0 saturated heterocycles. The Balaban J connectivity index is 2.33. The Morgan fingerprint density at radius 1 is 1.24 bits per heavy atom. The lowest BCUT2D eigenvalue weighted by molar-refractivity contribution is -0.134. The quantitative estimate of drug-likeness (QED) is 0.0821.